The number of carbonyl (C=O) groups is 2. The van der Waals surface area contributed by atoms with Crippen LogP contribution in [0.3, 0.4) is 0 Å². The van der Waals surface area contributed by atoms with Gasteiger partial charge in [-0.1, -0.05) is 11.6 Å². The molecule has 7 nitrogen and oxygen atoms in total. The van der Waals surface area contributed by atoms with Crippen LogP contribution in [0.5, 0.6) is 5.75 Å². The molecule has 0 heterocycles. The number of nitro groups is 1. The summed E-state index contributed by atoms with van der Waals surface area (Å²) in [4.78, 5) is 33.0. The van der Waals surface area contributed by atoms with Crippen LogP contribution >= 0.6 is 11.6 Å². The Morgan fingerprint density at radius 2 is 2.08 bits per heavy atom. The van der Waals surface area contributed by atoms with Gasteiger partial charge in [-0.25, -0.2) is 0 Å². The Hall–Kier alpha value is -2.93. The van der Waals surface area contributed by atoms with E-state index in [2.05, 4.69) is 5.32 Å². The van der Waals surface area contributed by atoms with E-state index >= 15 is 0 Å². The molecule has 1 N–H and O–H groups in total. The van der Waals surface area contributed by atoms with Crippen LogP contribution in [0.2, 0.25) is 5.02 Å². The highest BCUT2D eigenvalue weighted by molar-refractivity contribution is 6.30. The van der Waals surface area contributed by atoms with Gasteiger partial charge in [0.1, 0.15) is 5.75 Å². The van der Waals surface area contributed by atoms with Gasteiger partial charge in [-0.3, -0.25) is 19.7 Å². The van der Waals surface area contributed by atoms with Crippen molar-refractivity contribution in [2.45, 2.75) is 6.92 Å². The quantitative estimate of drug-likeness (QED) is 0.490. The number of anilines is 1. The van der Waals surface area contributed by atoms with Gasteiger partial charge < -0.3 is 10.1 Å². The number of aryl methyl sites for hydroxylation is 1. The first-order valence-corrected chi connectivity index (χ1v) is 7.21. The summed E-state index contributed by atoms with van der Waals surface area (Å²) in [5.41, 5.74) is 1.15. The lowest BCUT2D eigenvalue weighted by Gasteiger charge is -2.10. The van der Waals surface area contributed by atoms with E-state index in [4.69, 9.17) is 16.3 Å². The lowest BCUT2D eigenvalue weighted by molar-refractivity contribution is -0.384. The average Bonchev–Trinajstić information content (AvgIpc) is 2.55. The highest BCUT2D eigenvalue weighted by Gasteiger charge is 2.13. The lowest BCUT2D eigenvalue weighted by Crippen LogP contribution is -2.21. The van der Waals surface area contributed by atoms with E-state index in [0.29, 0.717) is 17.0 Å². The molecule has 0 aliphatic heterocycles. The summed E-state index contributed by atoms with van der Waals surface area (Å²) >= 11 is 5.84. The molecular weight excluding hydrogens is 336 g/mol. The first-order valence-electron chi connectivity index (χ1n) is 6.83. The van der Waals surface area contributed by atoms with E-state index in [9.17, 15) is 19.7 Å². The lowest BCUT2D eigenvalue weighted by atomic mass is 10.2. The van der Waals surface area contributed by atoms with Crippen molar-refractivity contribution in [2.75, 3.05) is 11.9 Å². The van der Waals surface area contributed by atoms with E-state index in [-0.39, 0.29) is 23.6 Å². The Labute approximate surface area is 142 Å². The predicted molar refractivity (Wildman–Crippen MR) is 88.8 cm³/mol. The third-order valence-electron chi connectivity index (χ3n) is 3.15. The number of rotatable bonds is 6. The molecule has 1 amide bonds. The molecule has 0 bridgehead atoms. The van der Waals surface area contributed by atoms with Gasteiger partial charge in [0, 0.05) is 22.8 Å². The Morgan fingerprint density at radius 1 is 1.33 bits per heavy atom. The van der Waals surface area contributed by atoms with Gasteiger partial charge in [-0.05, 0) is 36.8 Å². The number of benzene rings is 2. The first kappa shape index (κ1) is 17.4. The number of non-ortho nitro benzene ring substituents is 1. The predicted octanol–water partition coefficient (Wildman–Crippen LogP) is 3.39. The van der Waals surface area contributed by atoms with Crippen molar-refractivity contribution in [2.24, 2.45) is 0 Å². The Balaban J connectivity index is 2.03. The molecule has 2 rings (SSSR count). The fraction of sp³-hybridized carbons (Fsp3) is 0.125. The highest BCUT2D eigenvalue weighted by Crippen LogP contribution is 2.23. The zero-order chi connectivity index (χ0) is 17.7. The number of amides is 1. The molecule has 24 heavy (non-hydrogen) atoms. The minimum atomic E-state index is -0.618. The van der Waals surface area contributed by atoms with Gasteiger partial charge >= 0.3 is 0 Å². The summed E-state index contributed by atoms with van der Waals surface area (Å²) in [6, 6.07) is 8.58. The number of carbonyl (C=O) groups excluding carboxylic acids is 2. The monoisotopic (exact) mass is 348 g/mol. The van der Waals surface area contributed by atoms with Crippen molar-refractivity contribution in [3.05, 3.63) is 62.7 Å². The van der Waals surface area contributed by atoms with E-state index in [1.54, 1.807) is 25.1 Å². The molecule has 0 spiro atoms. The van der Waals surface area contributed by atoms with Crippen molar-refractivity contribution in [1.82, 2.24) is 0 Å². The molecule has 0 saturated heterocycles. The highest BCUT2D eigenvalue weighted by atomic mass is 35.5. The zero-order valence-electron chi connectivity index (χ0n) is 12.6. The largest absolute Gasteiger partial charge is 0.483 e. The Morgan fingerprint density at radius 3 is 2.71 bits per heavy atom. The second kappa shape index (κ2) is 7.56. The van der Waals surface area contributed by atoms with Crippen LogP contribution in [0.4, 0.5) is 11.4 Å². The van der Waals surface area contributed by atoms with Crippen LogP contribution in [-0.4, -0.2) is 23.7 Å². The fourth-order valence-corrected chi connectivity index (χ4v) is 2.20. The molecular formula is C16H13ClN2O5. The van der Waals surface area contributed by atoms with Gasteiger partial charge in [0.25, 0.3) is 11.6 Å². The van der Waals surface area contributed by atoms with Crippen LogP contribution in [0.1, 0.15) is 15.9 Å². The number of nitrogens with one attached hydrogen (secondary N) is 1. The zero-order valence-corrected chi connectivity index (χ0v) is 13.4. The molecule has 0 radical (unpaired) electrons. The average molecular weight is 349 g/mol. The molecule has 0 saturated carbocycles. The maximum absolute atomic E-state index is 11.9. The molecule has 0 atom stereocenters. The third-order valence-corrected chi connectivity index (χ3v) is 3.39. The van der Waals surface area contributed by atoms with Crippen LogP contribution in [0.15, 0.2) is 36.4 Å². The summed E-state index contributed by atoms with van der Waals surface area (Å²) < 4.78 is 5.27. The maximum Gasteiger partial charge on any atom is 0.270 e. The Bertz CT molecular complexity index is 807. The minimum Gasteiger partial charge on any atom is -0.483 e. The maximum atomic E-state index is 11.9. The molecule has 0 unspecified atom stereocenters. The summed E-state index contributed by atoms with van der Waals surface area (Å²) in [5.74, 6) is -0.339. The van der Waals surface area contributed by atoms with E-state index in [1.807, 2.05) is 0 Å². The Kier molecular flexibility index (Phi) is 5.49. The number of hydrogen-bond donors (Lipinski definition) is 1. The number of nitro benzene ring substituents is 1. The van der Waals surface area contributed by atoms with E-state index in [1.165, 1.54) is 12.1 Å². The van der Waals surface area contributed by atoms with Gasteiger partial charge in [-0.2, -0.15) is 0 Å². The van der Waals surface area contributed by atoms with Crippen LogP contribution < -0.4 is 10.1 Å². The second-order valence-corrected chi connectivity index (χ2v) is 5.33. The topological polar surface area (TPSA) is 98.5 Å². The van der Waals surface area contributed by atoms with Gasteiger partial charge in [0.05, 0.1) is 10.5 Å². The normalized spacial score (nSPS) is 10.1. The van der Waals surface area contributed by atoms with Crippen LogP contribution in [0, 0.1) is 17.0 Å². The minimum absolute atomic E-state index is 0.000302. The number of hydrogen-bond acceptors (Lipinski definition) is 5. The van der Waals surface area contributed by atoms with Gasteiger partial charge in [0.2, 0.25) is 0 Å². The van der Waals surface area contributed by atoms with Crippen molar-refractivity contribution in [3.63, 3.8) is 0 Å². The van der Waals surface area contributed by atoms with E-state index in [0.717, 1.165) is 11.6 Å². The summed E-state index contributed by atoms with van der Waals surface area (Å²) in [5, 5.41) is 13.9. The van der Waals surface area contributed by atoms with Crippen LogP contribution in [-0.2, 0) is 4.79 Å². The number of ether oxygens (including phenoxy) is 1. The fourth-order valence-electron chi connectivity index (χ4n) is 1.97. The number of aldehydes is 1. The first-order chi connectivity index (χ1) is 11.4. The molecule has 0 aromatic heterocycles. The molecule has 124 valence electrons. The molecule has 0 aliphatic carbocycles. The van der Waals surface area contributed by atoms with Gasteiger partial charge in [0.15, 0.2) is 12.9 Å². The summed E-state index contributed by atoms with van der Waals surface area (Å²) in [7, 11) is 0. The summed E-state index contributed by atoms with van der Waals surface area (Å²) in [6.45, 7) is 1.45. The number of nitrogens with zero attached hydrogens (tertiary/aromatic N) is 1. The molecule has 8 heteroatoms. The number of halogens is 1. The molecule has 2 aromatic carbocycles. The third kappa shape index (κ3) is 4.30. The van der Waals surface area contributed by atoms with Gasteiger partial charge in [-0.15, -0.1) is 0 Å². The molecule has 0 fully saturated rings. The summed E-state index contributed by atoms with van der Waals surface area (Å²) in [6.07, 6.45) is 0.434. The van der Waals surface area contributed by atoms with Crippen molar-refractivity contribution < 1.29 is 19.2 Å². The second-order valence-electron chi connectivity index (χ2n) is 4.89. The molecule has 0 aliphatic rings. The van der Waals surface area contributed by atoms with Crippen molar-refractivity contribution in [3.8, 4) is 5.75 Å². The smallest absolute Gasteiger partial charge is 0.270 e. The van der Waals surface area contributed by atoms with E-state index < -0.39 is 10.8 Å². The van der Waals surface area contributed by atoms with Crippen molar-refractivity contribution in [1.29, 1.82) is 0 Å². The standard InChI is InChI=1S/C16H13ClN2O5/c1-10-6-12(17)2-4-14(10)18-16(21)9-24-15-5-3-13(19(22)23)7-11(15)8-20/h2-8H,9H2,1H3,(H,18,21). The molecule has 2 aromatic rings. The van der Waals surface area contributed by atoms with Crippen molar-refractivity contribution >= 4 is 35.2 Å². The van der Waals surface area contributed by atoms with Crippen LogP contribution in [0.25, 0.3) is 0 Å². The SMILES string of the molecule is Cc1cc(Cl)ccc1NC(=O)COc1ccc([N+](=O)[O-])cc1C=O.